The second-order valence-corrected chi connectivity index (χ2v) is 7.69. The number of rotatable bonds is 8. The predicted molar refractivity (Wildman–Crippen MR) is 110 cm³/mol. The van der Waals surface area contributed by atoms with E-state index in [-0.39, 0.29) is 17.7 Å². The van der Waals surface area contributed by atoms with Gasteiger partial charge < -0.3 is 20.3 Å². The molecule has 0 amide bonds. The largest absolute Gasteiger partial charge is 0.486 e. The zero-order valence-electron chi connectivity index (χ0n) is 17.2. The standard InChI is InChI=1S/C21H35FN4O/c1-5-23-21(25-18-10-12-26(13-11-18)15-16(2)3)24-14-17(4)27-20-9-7-6-8-19(20)22/h6-9,16-18H,5,10-15H2,1-4H3,(H2,23,24,25). The van der Waals surface area contributed by atoms with E-state index in [4.69, 9.17) is 4.74 Å². The number of ether oxygens (including phenoxy) is 1. The second kappa shape index (κ2) is 11.1. The van der Waals surface area contributed by atoms with Crippen molar-refractivity contribution < 1.29 is 9.13 Å². The van der Waals surface area contributed by atoms with Gasteiger partial charge >= 0.3 is 0 Å². The highest BCUT2D eigenvalue weighted by molar-refractivity contribution is 5.80. The van der Waals surface area contributed by atoms with Gasteiger partial charge in [0.15, 0.2) is 17.5 Å². The van der Waals surface area contributed by atoms with Crippen LogP contribution in [0.4, 0.5) is 4.39 Å². The van der Waals surface area contributed by atoms with Crippen molar-refractivity contribution in [2.45, 2.75) is 52.7 Å². The van der Waals surface area contributed by atoms with Crippen LogP contribution in [0.3, 0.4) is 0 Å². The molecule has 0 radical (unpaired) electrons. The molecule has 1 unspecified atom stereocenters. The summed E-state index contributed by atoms with van der Waals surface area (Å²) in [6, 6.07) is 6.91. The third kappa shape index (κ3) is 7.75. The number of hydrogen-bond acceptors (Lipinski definition) is 3. The van der Waals surface area contributed by atoms with Gasteiger partial charge in [-0.25, -0.2) is 9.38 Å². The zero-order chi connectivity index (χ0) is 19.6. The maximum Gasteiger partial charge on any atom is 0.191 e. The van der Waals surface area contributed by atoms with Crippen molar-refractivity contribution >= 4 is 5.96 Å². The molecule has 1 aromatic rings. The van der Waals surface area contributed by atoms with Crippen LogP contribution < -0.4 is 15.4 Å². The lowest BCUT2D eigenvalue weighted by Crippen LogP contribution is -2.49. The van der Waals surface area contributed by atoms with Crippen LogP contribution in [0.5, 0.6) is 5.75 Å². The number of aliphatic imine (C=N–C) groups is 1. The Balaban J connectivity index is 1.82. The topological polar surface area (TPSA) is 48.9 Å². The van der Waals surface area contributed by atoms with Crippen molar-refractivity contribution in [1.82, 2.24) is 15.5 Å². The molecule has 6 heteroatoms. The summed E-state index contributed by atoms with van der Waals surface area (Å²) in [5, 5.41) is 6.84. The summed E-state index contributed by atoms with van der Waals surface area (Å²) in [4.78, 5) is 7.17. The molecule has 1 heterocycles. The van der Waals surface area contributed by atoms with Crippen molar-refractivity contribution in [3.8, 4) is 5.75 Å². The first kappa shape index (κ1) is 21.5. The molecule has 1 aromatic carbocycles. The van der Waals surface area contributed by atoms with Gasteiger partial charge in [0.2, 0.25) is 0 Å². The molecule has 5 nitrogen and oxygen atoms in total. The SMILES string of the molecule is CCNC(=NCC(C)Oc1ccccc1F)NC1CCN(CC(C)C)CC1. The first-order valence-electron chi connectivity index (χ1n) is 10.2. The molecular formula is C21H35FN4O. The van der Waals surface area contributed by atoms with Crippen molar-refractivity contribution in [3.05, 3.63) is 30.1 Å². The van der Waals surface area contributed by atoms with Crippen LogP contribution in [0.1, 0.15) is 40.5 Å². The summed E-state index contributed by atoms with van der Waals surface area (Å²) in [6.07, 6.45) is 2.04. The summed E-state index contributed by atoms with van der Waals surface area (Å²) in [6.45, 7) is 13.2. The number of likely N-dealkylation sites (tertiary alicyclic amines) is 1. The van der Waals surface area contributed by atoms with Gasteiger partial charge in [-0.3, -0.25) is 0 Å². The third-order valence-electron chi connectivity index (χ3n) is 4.57. The van der Waals surface area contributed by atoms with E-state index in [0.717, 1.165) is 38.4 Å². The molecule has 0 aromatic heterocycles. The molecule has 0 saturated carbocycles. The molecule has 1 saturated heterocycles. The average Bonchev–Trinajstić information content (AvgIpc) is 2.63. The highest BCUT2D eigenvalue weighted by Gasteiger charge is 2.20. The maximum atomic E-state index is 13.7. The lowest BCUT2D eigenvalue weighted by Gasteiger charge is -2.34. The molecule has 0 bridgehead atoms. The fourth-order valence-electron chi connectivity index (χ4n) is 3.30. The van der Waals surface area contributed by atoms with Crippen LogP contribution >= 0.6 is 0 Å². The van der Waals surface area contributed by atoms with Crippen LogP contribution in [-0.4, -0.2) is 55.7 Å². The molecule has 0 aliphatic carbocycles. The Hall–Kier alpha value is -1.82. The minimum absolute atomic E-state index is 0.203. The third-order valence-corrected chi connectivity index (χ3v) is 4.57. The van der Waals surface area contributed by atoms with Crippen LogP contribution in [0.25, 0.3) is 0 Å². The first-order chi connectivity index (χ1) is 13.0. The monoisotopic (exact) mass is 378 g/mol. The normalized spacial score (nSPS) is 17.8. The van der Waals surface area contributed by atoms with Gasteiger partial charge in [-0.05, 0) is 44.7 Å². The molecule has 2 rings (SSSR count). The van der Waals surface area contributed by atoms with E-state index >= 15 is 0 Å². The van der Waals surface area contributed by atoms with Crippen molar-refractivity contribution in [2.75, 3.05) is 32.7 Å². The summed E-state index contributed by atoms with van der Waals surface area (Å²) in [5.41, 5.74) is 0. The molecule has 152 valence electrons. The molecule has 1 fully saturated rings. The Labute approximate surface area is 163 Å². The van der Waals surface area contributed by atoms with Crippen LogP contribution in [0.2, 0.25) is 0 Å². The fourth-order valence-corrected chi connectivity index (χ4v) is 3.30. The van der Waals surface area contributed by atoms with Crippen LogP contribution in [0.15, 0.2) is 29.3 Å². The highest BCUT2D eigenvalue weighted by Crippen LogP contribution is 2.17. The van der Waals surface area contributed by atoms with Gasteiger partial charge in [0.1, 0.15) is 6.10 Å². The van der Waals surface area contributed by atoms with Crippen molar-refractivity contribution in [1.29, 1.82) is 0 Å². The Morgan fingerprint density at radius 1 is 1.26 bits per heavy atom. The molecule has 1 aliphatic heterocycles. The van der Waals surface area contributed by atoms with Gasteiger partial charge in [-0.1, -0.05) is 26.0 Å². The number of nitrogens with one attached hydrogen (secondary N) is 2. The number of guanidine groups is 1. The molecule has 0 spiro atoms. The quantitative estimate of drug-likeness (QED) is 0.538. The molecule has 1 atom stereocenters. The predicted octanol–water partition coefficient (Wildman–Crippen LogP) is 3.27. The minimum Gasteiger partial charge on any atom is -0.486 e. The minimum atomic E-state index is -0.341. The van der Waals surface area contributed by atoms with Gasteiger partial charge in [0.05, 0.1) is 6.54 Å². The summed E-state index contributed by atoms with van der Waals surface area (Å²) >= 11 is 0. The Morgan fingerprint density at radius 2 is 1.96 bits per heavy atom. The van der Waals surface area contributed by atoms with E-state index in [2.05, 4.69) is 41.3 Å². The number of para-hydroxylation sites is 1. The van der Waals surface area contributed by atoms with E-state index in [1.807, 2.05) is 6.92 Å². The molecule has 27 heavy (non-hydrogen) atoms. The van der Waals surface area contributed by atoms with Gasteiger partial charge in [0.25, 0.3) is 0 Å². The Morgan fingerprint density at radius 3 is 2.59 bits per heavy atom. The summed E-state index contributed by atoms with van der Waals surface area (Å²) in [7, 11) is 0. The fraction of sp³-hybridized carbons (Fsp3) is 0.667. The molecular weight excluding hydrogens is 343 g/mol. The Kier molecular flexibility index (Phi) is 8.85. The van der Waals surface area contributed by atoms with E-state index in [0.29, 0.717) is 18.5 Å². The zero-order valence-corrected chi connectivity index (χ0v) is 17.2. The molecule has 2 N–H and O–H groups in total. The van der Waals surface area contributed by atoms with Crippen LogP contribution in [0, 0.1) is 11.7 Å². The van der Waals surface area contributed by atoms with Gasteiger partial charge in [0, 0.05) is 32.2 Å². The summed E-state index contributed by atoms with van der Waals surface area (Å²) in [5.74, 6) is 1.45. The second-order valence-electron chi connectivity index (χ2n) is 7.69. The number of nitrogens with zero attached hydrogens (tertiary/aromatic N) is 2. The van der Waals surface area contributed by atoms with Crippen molar-refractivity contribution in [3.63, 3.8) is 0 Å². The van der Waals surface area contributed by atoms with E-state index in [1.54, 1.807) is 18.2 Å². The Bertz CT molecular complexity index is 585. The van der Waals surface area contributed by atoms with Crippen molar-refractivity contribution in [2.24, 2.45) is 10.9 Å². The van der Waals surface area contributed by atoms with Crippen LogP contribution in [-0.2, 0) is 0 Å². The number of halogens is 1. The highest BCUT2D eigenvalue weighted by atomic mass is 19.1. The molecule has 1 aliphatic rings. The van der Waals surface area contributed by atoms with Gasteiger partial charge in [-0.15, -0.1) is 0 Å². The number of piperidine rings is 1. The first-order valence-corrected chi connectivity index (χ1v) is 10.2. The number of hydrogen-bond donors (Lipinski definition) is 2. The number of benzene rings is 1. The van der Waals surface area contributed by atoms with Gasteiger partial charge in [-0.2, -0.15) is 0 Å². The maximum absolute atomic E-state index is 13.7. The van der Waals surface area contributed by atoms with E-state index < -0.39 is 0 Å². The average molecular weight is 379 g/mol. The smallest absolute Gasteiger partial charge is 0.191 e. The lowest BCUT2D eigenvalue weighted by molar-refractivity contribution is 0.186. The van der Waals surface area contributed by atoms with E-state index in [9.17, 15) is 4.39 Å². The summed E-state index contributed by atoms with van der Waals surface area (Å²) < 4.78 is 19.4. The van der Waals surface area contributed by atoms with E-state index in [1.165, 1.54) is 12.6 Å². The lowest BCUT2D eigenvalue weighted by atomic mass is 10.0.